The van der Waals surface area contributed by atoms with Gasteiger partial charge in [-0.3, -0.25) is 4.98 Å². The van der Waals surface area contributed by atoms with E-state index in [1.807, 2.05) is 5.32 Å². The van der Waals surface area contributed by atoms with Crippen molar-refractivity contribution in [2.75, 3.05) is 34.0 Å². The smallest absolute Gasteiger partial charge is 0.414 e. The molecule has 1 N–H and O–H groups in total. The summed E-state index contributed by atoms with van der Waals surface area (Å²) < 4.78 is 103. The number of aromatic nitrogens is 4. The maximum Gasteiger partial charge on any atom is 0.414 e. The van der Waals surface area contributed by atoms with Crippen LogP contribution in [0.4, 0.5) is 31.1 Å². The quantitative estimate of drug-likeness (QED) is 0.357. The number of carbonyl (C=O) groups excluding carboxylic acids is 1. The molecular weight excluding hydrogens is 574 g/mol. The van der Waals surface area contributed by atoms with Gasteiger partial charge in [-0.1, -0.05) is 0 Å². The molecule has 4 rings (SSSR count). The molecule has 0 aromatic carbocycles. The molecule has 0 radical (unpaired) electrons. The van der Waals surface area contributed by atoms with E-state index in [9.17, 15) is 31.1 Å². The van der Waals surface area contributed by atoms with Crippen molar-refractivity contribution in [1.29, 1.82) is 0 Å². The number of fused-ring (bicyclic) bond motifs is 1. The number of nitrogens with one attached hydrogen (secondary N) is 1. The van der Waals surface area contributed by atoms with Crippen LogP contribution in [0.5, 0.6) is 11.6 Å². The highest BCUT2D eigenvalue weighted by atomic mass is 19.4. The second-order valence-electron chi connectivity index (χ2n) is 9.71. The number of alkyl halides is 6. The van der Waals surface area contributed by atoms with Crippen LogP contribution in [0, 0.1) is 12.8 Å². The van der Waals surface area contributed by atoms with Crippen LogP contribution < -0.4 is 14.8 Å². The minimum absolute atomic E-state index is 0.0000773. The fraction of sp³-hybridized carbons (Fsp3) is 0.538. The minimum atomic E-state index is -5.10. The van der Waals surface area contributed by atoms with Crippen molar-refractivity contribution < 1.29 is 45.3 Å². The van der Waals surface area contributed by atoms with E-state index in [1.165, 1.54) is 27.3 Å². The van der Waals surface area contributed by atoms with Crippen molar-refractivity contribution in [2.45, 2.75) is 51.1 Å². The molecule has 1 aliphatic heterocycles. The summed E-state index contributed by atoms with van der Waals surface area (Å²) in [6.07, 6.45) is -5.78. The number of ether oxygens (including phenoxy) is 3. The van der Waals surface area contributed by atoms with Crippen LogP contribution in [-0.4, -0.2) is 82.7 Å². The lowest BCUT2D eigenvalue weighted by molar-refractivity contribution is -0.183. The van der Waals surface area contributed by atoms with E-state index >= 15 is 0 Å². The first kappa shape index (κ1) is 31.1. The normalized spacial score (nSPS) is 16.2. The number of nitrogens with zero attached hydrogens (tertiary/aromatic N) is 5. The van der Waals surface area contributed by atoms with Gasteiger partial charge in [0, 0.05) is 37.7 Å². The number of halogens is 6. The molecule has 230 valence electrons. The fourth-order valence-electron chi connectivity index (χ4n) is 5.01. The predicted molar refractivity (Wildman–Crippen MR) is 137 cm³/mol. The maximum absolute atomic E-state index is 14.6. The second kappa shape index (κ2) is 12.2. The van der Waals surface area contributed by atoms with Crippen molar-refractivity contribution in [3.63, 3.8) is 0 Å². The fourth-order valence-corrected chi connectivity index (χ4v) is 5.01. The van der Waals surface area contributed by atoms with Gasteiger partial charge in [0.15, 0.2) is 6.04 Å². The molecule has 2 atom stereocenters. The minimum Gasteiger partial charge on any atom is -0.494 e. The highest BCUT2D eigenvalue weighted by Gasteiger charge is 2.50. The van der Waals surface area contributed by atoms with Crippen LogP contribution in [0.15, 0.2) is 24.7 Å². The Balaban J connectivity index is 1.76. The van der Waals surface area contributed by atoms with Gasteiger partial charge in [-0.05, 0) is 38.7 Å². The van der Waals surface area contributed by atoms with Gasteiger partial charge >= 0.3 is 18.4 Å². The van der Waals surface area contributed by atoms with Gasteiger partial charge in [0.05, 0.1) is 37.5 Å². The average molecular weight is 605 g/mol. The molecule has 0 saturated carbocycles. The largest absolute Gasteiger partial charge is 0.494 e. The van der Waals surface area contributed by atoms with Gasteiger partial charge in [0.2, 0.25) is 5.65 Å². The first-order valence-electron chi connectivity index (χ1n) is 13.0. The summed E-state index contributed by atoms with van der Waals surface area (Å²) in [5.74, 6) is -0.886. The Kier molecular flexibility index (Phi) is 9.03. The molecular formula is C26H30F6N6O4. The predicted octanol–water partition coefficient (Wildman–Crippen LogP) is 5.11. The third-order valence-electron chi connectivity index (χ3n) is 6.98. The average Bonchev–Trinajstić information content (AvgIpc) is 3.32. The molecule has 0 aliphatic carbocycles. The lowest BCUT2D eigenvalue weighted by atomic mass is 9.91. The van der Waals surface area contributed by atoms with Crippen LogP contribution >= 0.6 is 0 Å². The molecule has 1 fully saturated rings. The molecule has 3 aromatic heterocycles. The van der Waals surface area contributed by atoms with E-state index < -0.39 is 48.6 Å². The van der Waals surface area contributed by atoms with Crippen molar-refractivity contribution >= 4 is 11.7 Å². The first-order chi connectivity index (χ1) is 19.8. The first-order valence-corrected chi connectivity index (χ1v) is 13.0. The summed E-state index contributed by atoms with van der Waals surface area (Å²) in [5, 5.41) is 1.82. The summed E-state index contributed by atoms with van der Waals surface area (Å²) in [5.41, 5.74) is 0.581. The molecule has 10 nitrogen and oxygen atoms in total. The summed E-state index contributed by atoms with van der Waals surface area (Å²) in [6, 6.07) is -5.51. The van der Waals surface area contributed by atoms with Crippen molar-refractivity contribution in [3.8, 4) is 22.9 Å². The summed E-state index contributed by atoms with van der Waals surface area (Å²) >= 11 is 0. The lowest BCUT2D eigenvalue weighted by Gasteiger charge is -2.36. The van der Waals surface area contributed by atoms with Gasteiger partial charge in [-0.15, -0.1) is 0 Å². The molecule has 1 saturated heterocycles. The van der Waals surface area contributed by atoms with E-state index in [0.29, 0.717) is 11.3 Å². The van der Waals surface area contributed by atoms with Crippen LogP contribution in [0.2, 0.25) is 0 Å². The number of urea groups is 1. The zero-order valence-corrected chi connectivity index (χ0v) is 23.2. The van der Waals surface area contributed by atoms with Crippen molar-refractivity contribution in [2.24, 2.45) is 5.92 Å². The number of methoxy groups -OCH3 is 2. The Morgan fingerprint density at radius 3 is 2.38 bits per heavy atom. The van der Waals surface area contributed by atoms with Gasteiger partial charge in [0.25, 0.3) is 5.88 Å². The SMILES string of the molecule is CCN(C(=O)NC(C1CCOCC1)C(F)(F)F)C(c1cc(-c2cn3cc(C)nc3c(OC)n2)c(OC)cn1)C(F)(F)F. The van der Waals surface area contributed by atoms with Crippen LogP contribution in [0.1, 0.15) is 37.2 Å². The number of hydrogen-bond donors (Lipinski definition) is 1. The zero-order valence-electron chi connectivity index (χ0n) is 23.2. The van der Waals surface area contributed by atoms with Crippen LogP contribution in [-0.2, 0) is 4.74 Å². The summed E-state index contributed by atoms with van der Waals surface area (Å²) in [4.78, 5) is 26.0. The Morgan fingerprint density at radius 1 is 1.12 bits per heavy atom. The highest BCUT2D eigenvalue weighted by molar-refractivity contribution is 5.76. The van der Waals surface area contributed by atoms with Crippen molar-refractivity contribution in [1.82, 2.24) is 29.6 Å². The van der Waals surface area contributed by atoms with Gasteiger partial charge in [-0.2, -0.15) is 26.3 Å². The van der Waals surface area contributed by atoms with E-state index in [4.69, 9.17) is 14.2 Å². The summed E-state index contributed by atoms with van der Waals surface area (Å²) in [6.45, 7) is 2.52. The van der Waals surface area contributed by atoms with Gasteiger partial charge in [-0.25, -0.2) is 14.8 Å². The van der Waals surface area contributed by atoms with Gasteiger partial charge in [0.1, 0.15) is 11.8 Å². The Bertz CT molecular complexity index is 1410. The van der Waals surface area contributed by atoms with Crippen LogP contribution in [0.3, 0.4) is 0 Å². The van der Waals surface area contributed by atoms with E-state index in [2.05, 4.69) is 15.0 Å². The number of pyridine rings is 1. The van der Waals surface area contributed by atoms with Gasteiger partial charge < -0.3 is 28.8 Å². The number of hydrogen-bond acceptors (Lipinski definition) is 7. The molecule has 42 heavy (non-hydrogen) atoms. The standard InChI is InChI=1S/C26H30F6N6O4/c1-5-38(24(39)36-20(25(27,28)29)15-6-8-42-9-7-15)21(26(30,31)32)17-10-16(19(40-3)11-33-17)18-13-37-12-14(2)34-22(37)23(35-18)41-4/h10-13,15,20-21H,5-9H2,1-4H3,(H,36,39). The number of amides is 2. The Morgan fingerprint density at radius 2 is 1.81 bits per heavy atom. The van der Waals surface area contributed by atoms with Crippen LogP contribution in [0.25, 0.3) is 16.9 Å². The molecule has 0 bridgehead atoms. The molecule has 0 spiro atoms. The Hall–Kier alpha value is -3.82. The van der Waals surface area contributed by atoms with E-state index in [1.54, 1.807) is 17.5 Å². The molecule has 16 heteroatoms. The zero-order chi connectivity index (χ0) is 30.8. The number of imidazole rings is 1. The molecule has 4 heterocycles. The maximum atomic E-state index is 14.6. The van der Waals surface area contributed by atoms with E-state index in [-0.39, 0.29) is 53.8 Å². The summed E-state index contributed by atoms with van der Waals surface area (Å²) in [7, 11) is 2.65. The lowest BCUT2D eigenvalue weighted by Crippen LogP contribution is -2.56. The molecule has 3 aromatic rings. The molecule has 2 amide bonds. The molecule has 2 unspecified atom stereocenters. The second-order valence-corrected chi connectivity index (χ2v) is 9.71. The molecule has 1 aliphatic rings. The highest BCUT2D eigenvalue weighted by Crippen LogP contribution is 2.41. The number of rotatable bonds is 8. The third-order valence-corrected chi connectivity index (χ3v) is 6.98. The monoisotopic (exact) mass is 604 g/mol. The number of aryl methyl sites for hydroxylation is 1. The van der Waals surface area contributed by atoms with Crippen molar-refractivity contribution in [3.05, 3.63) is 36.0 Å². The third kappa shape index (κ3) is 6.47. The van der Waals surface area contributed by atoms with E-state index in [0.717, 1.165) is 12.3 Å². The topological polar surface area (TPSA) is 103 Å². The number of carbonyl (C=O) groups is 1. The Labute approximate surface area is 237 Å².